The number of nitrogens with zero attached hydrogens (tertiary/aromatic N) is 1. The Morgan fingerprint density at radius 3 is 3.00 bits per heavy atom. The number of likely N-dealkylation sites (N-methyl/N-ethyl adjacent to an activating group) is 1. The highest BCUT2D eigenvalue weighted by Gasteiger charge is 2.19. The average molecular weight is 341 g/mol. The molecule has 1 saturated heterocycles. The van der Waals surface area contributed by atoms with E-state index in [1.807, 2.05) is 18.2 Å². The standard InChI is InChI=1S/C18H26N2O2S/c1-20(2)9-6-15-12-19-16-4-3-5-17(18(15)16)22-13-14-7-10-23(21)11-8-14/h3-5,12,14,19H,6-11,13H2,1-2H3/i1D3,2D3. The quantitative estimate of drug-likeness (QED) is 0.879. The predicted octanol–water partition coefficient (Wildman–Crippen LogP) is 2.81. The summed E-state index contributed by atoms with van der Waals surface area (Å²) in [5.74, 6) is 2.49. The molecule has 0 unspecified atom stereocenters. The van der Waals surface area contributed by atoms with E-state index in [1.165, 1.54) is 0 Å². The van der Waals surface area contributed by atoms with Crippen molar-refractivity contribution in [2.45, 2.75) is 19.3 Å². The summed E-state index contributed by atoms with van der Waals surface area (Å²) in [7, 11) is -0.708. The van der Waals surface area contributed by atoms with Gasteiger partial charge in [-0.25, -0.2) is 0 Å². The van der Waals surface area contributed by atoms with Crippen molar-refractivity contribution >= 4 is 21.7 Å². The van der Waals surface area contributed by atoms with Crippen molar-refractivity contribution in [2.24, 2.45) is 5.92 Å². The molecule has 0 bridgehead atoms. The van der Waals surface area contributed by atoms with Gasteiger partial charge in [-0.05, 0) is 56.8 Å². The van der Waals surface area contributed by atoms with E-state index in [1.54, 1.807) is 6.20 Å². The summed E-state index contributed by atoms with van der Waals surface area (Å²) in [6, 6.07) is 5.65. The highest BCUT2D eigenvalue weighted by atomic mass is 32.2. The van der Waals surface area contributed by atoms with Gasteiger partial charge in [-0.15, -0.1) is 0 Å². The van der Waals surface area contributed by atoms with Crippen LogP contribution in [0.2, 0.25) is 0 Å². The number of nitrogens with one attached hydrogen (secondary N) is 1. The Kier molecular flexibility index (Phi) is 3.43. The van der Waals surface area contributed by atoms with E-state index in [0.717, 1.165) is 29.3 Å². The van der Waals surface area contributed by atoms with Crippen molar-refractivity contribution in [1.82, 2.24) is 9.88 Å². The zero-order valence-electron chi connectivity index (χ0n) is 19.0. The maximum absolute atomic E-state index is 11.5. The Balaban J connectivity index is 1.75. The van der Waals surface area contributed by atoms with Crippen LogP contribution in [0.15, 0.2) is 24.4 Å². The zero-order valence-corrected chi connectivity index (χ0v) is 13.8. The molecular weight excluding hydrogens is 308 g/mol. The molecule has 126 valence electrons. The molecule has 0 radical (unpaired) electrons. The molecule has 2 aromatic rings. The highest BCUT2D eigenvalue weighted by molar-refractivity contribution is 7.85. The fraction of sp³-hybridized carbons (Fsp3) is 0.556. The molecule has 1 aromatic heterocycles. The van der Waals surface area contributed by atoms with Gasteiger partial charge >= 0.3 is 0 Å². The largest absolute Gasteiger partial charge is 0.493 e. The molecule has 1 N–H and O–H groups in total. The van der Waals surface area contributed by atoms with E-state index < -0.39 is 24.8 Å². The van der Waals surface area contributed by atoms with Crippen molar-refractivity contribution in [3.63, 3.8) is 0 Å². The van der Waals surface area contributed by atoms with Crippen LogP contribution in [0.3, 0.4) is 0 Å². The SMILES string of the molecule is [2H]C([2H])([2H])N(CCc1c[nH]c2cccc(OCC3CCS(=O)CC3)c12)C([2H])([2H])[2H]. The number of benzene rings is 1. The van der Waals surface area contributed by atoms with Gasteiger partial charge in [0.25, 0.3) is 0 Å². The van der Waals surface area contributed by atoms with E-state index >= 15 is 0 Å². The number of H-pyrrole nitrogens is 1. The minimum Gasteiger partial charge on any atom is -0.493 e. The molecule has 0 amide bonds. The summed E-state index contributed by atoms with van der Waals surface area (Å²) >= 11 is 0. The topological polar surface area (TPSA) is 45.3 Å². The average Bonchev–Trinajstić information content (AvgIpc) is 3.03. The third-order valence-corrected chi connectivity index (χ3v) is 5.72. The van der Waals surface area contributed by atoms with E-state index in [4.69, 9.17) is 13.0 Å². The fourth-order valence-corrected chi connectivity index (χ4v) is 4.38. The lowest BCUT2D eigenvalue weighted by Crippen LogP contribution is -2.23. The lowest BCUT2D eigenvalue weighted by molar-refractivity contribution is 0.241. The van der Waals surface area contributed by atoms with Gasteiger partial charge in [-0.3, -0.25) is 4.21 Å². The highest BCUT2D eigenvalue weighted by Crippen LogP contribution is 2.30. The molecule has 0 aliphatic carbocycles. The van der Waals surface area contributed by atoms with Gasteiger partial charge < -0.3 is 14.6 Å². The van der Waals surface area contributed by atoms with Gasteiger partial charge in [-0.1, -0.05) is 6.07 Å². The Hall–Kier alpha value is -1.33. The third kappa shape index (κ3) is 4.15. The molecule has 0 atom stereocenters. The predicted molar refractivity (Wildman–Crippen MR) is 96.7 cm³/mol. The molecule has 1 aromatic carbocycles. The Morgan fingerprint density at radius 1 is 1.39 bits per heavy atom. The summed E-state index contributed by atoms with van der Waals surface area (Å²) in [6.45, 7) is -4.98. The van der Waals surface area contributed by atoms with Gasteiger partial charge in [0.15, 0.2) is 0 Å². The Labute approximate surface area is 149 Å². The van der Waals surface area contributed by atoms with Crippen LogP contribution in [0.5, 0.6) is 5.75 Å². The molecule has 0 spiro atoms. The maximum atomic E-state index is 11.5. The van der Waals surface area contributed by atoms with Gasteiger partial charge in [0.1, 0.15) is 5.75 Å². The second-order valence-electron chi connectivity index (χ2n) is 6.00. The minimum atomic E-state index is -2.70. The number of ether oxygens (including phenoxy) is 1. The van der Waals surface area contributed by atoms with Crippen LogP contribution in [0.4, 0.5) is 0 Å². The van der Waals surface area contributed by atoms with Gasteiger partial charge in [0.05, 0.1) is 6.61 Å². The first-order valence-electron chi connectivity index (χ1n) is 10.9. The fourth-order valence-electron chi connectivity index (χ4n) is 2.99. The van der Waals surface area contributed by atoms with E-state index in [2.05, 4.69) is 4.98 Å². The van der Waals surface area contributed by atoms with Crippen LogP contribution in [-0.2, 0) is 17.2 Å². The lowest BCUT2D eigenvalue weighted by atomic mass is 10.0. The summed E-state index contributed by atoms with van der Waals surface area (Å²) in [6.07, 6.45) is 3.81. The Bertz CT molecular complexity index is 840. The van der Waals surface area contributed by atoms with E-state index in [-0.39, 0.29) is 13.0 Å². The minimum absolute atomic E-state index is 0.122. The molecule has 5 heteroatoms. The van der Waals surface area contributed by atoms with Gasteiger partial charge in [-0.2, -0.15) is 0 Å². The molecule has 0 saturated carbocycles. The molecule has 4 nitrogen and oxygen atoms in total. The van der Waals surface area contributed by atoms with Crippen LogP contribution in [-0.4, -0.2) is 52.7 Å². The van der Waals surface area contributed by atoms with E-state index in [0.29, 0.717) is 34.7 Å². The van der Waals surface area contributed by atoms with Crippen molar-refractivity contribution in [3.05, 3.63) is 30.0 Å². The number of hydrogen-bond donors (Lipinski definition) is 1. The van der Waals surface area contributed by atoms with Crippen LogP contribution in [0.1, 0.15) is 26.6 Å². The summed E-state index contributed by atoms with van der Waals surface area (Å²) in [5.41, 5.74) is 1.68. The normalized spacial score (nSPS) is 26.8. The first-order chi connectivity index (χ1) is 13.6. The smallest absolute Gasteiger partial charge is 0.128 e. The zero-order chi connectivity index (χ0) is 21.2. The number of fused-ring (bicyclic) bond motifs is 1. The lowest BCUT2D eigenvalue weighted by Gasteiger charge is -2.21. The van der Waals surface area contributed by atoms with Crippen molar-refractivity contribution in [2.75, 3.05) is 38.6 Å². The summed E-state index contributed by atoms with van der Waals surface area (Å²) < 4.78 is 62.7. The maximum Gasteiger partial charge on any atom is 0.128 e. The molecule has 3 rings (SSSR count). The van der Waals surface area contributed by atoms with Crippen molar-refractivity contribution in [1.29, 1.82) is 0 Å². The number of aromatic amines is 1. The van der Waals surface area contributed by atoms with Crippen LogP contribution in [0.25, 0.3) is 10.9 Å². The number of rotatable bonds is 6. The molecule has 2 heterocycles. The first-order valence-corrected chi connectivity index (χ1v) is 9.39. The third-order valence-electron chi connectivity index (χ3n) is 4.34. The van der Waals surface area contributed by atoms with Crippen LogP contribution in [0, 0.1) is 5.92 Å². The molecular formula is C18H26N2O2S. The monoisotopic (exact) mass is 340 g/mol. The first kappa shape index (κ1) is 10.5. The molecule has 1 aliphatic heterocycles. The van der Waals surface area contributed by atoms with Crippen molar-refractivity contribution < 1.29 is 17.2 Å². The van der Waals surface area contributed by atoms with Gasteiger partial charge in [0.2, 0.25) is 0 Å². The van der Waals surface area contributed by atoms with E-state index in [9.17, 15) is 4.21 Å². The second-order valence-corrected chi connectivity index (χ2v) is 7.69. The van der Waals surface area contributed by atoms with Crippen LogP contribution < -0.4 is 4.74 Å². The van der Waals surface area contributed by atoms with Crippen LogP contribution >= 0.6 is 0 Å². The summed E-state index contributed by atoms with van der Waals surface area (Å²) in [4.78, 5) is 3.73. The van der Waals surface area contributed by atoms with Gasteiger partial charge in [0, 0.05) is 54.2 Å². The molecule has 1 aliphatic rings. The number of hydrogen-bond acceptors (Lipinski definition) is 3. The molecule has 1 fully saturated rings. The number of aromatic nitrogens is 1. The second kappa shape index (κ2) is 7.49. The summed E-state index contributed by atoms with van der Waals surface area (Å²) in [5, 5.41) is 0.850. The molecule has 23 heavy (non-hydrogen) atoms. The van der Waals surface area contributed by atoms with Crippen molar-refractivity contribution in [3.8, 4) is 5.75 Å². The Morgan fingerprint density at radius 2 is 2.22 bits per heavy atom.